The van der Waals surface area contributed by atoms with Crippen molar-refractivity contribution in [3.8, 4) is 0 Å². The largest absolute Gasteiger partial charge is 0.329 e. The molecule has 4 unspecified atom stereocenters. The maximum atomic E-state index is 6.29. The topological polar surface area (TPSA) is 35.7 Å². The van der Waals surface area contributed by atoms with Crippen molar-refractivity contribution in [1.82, 2.24) is 14.7 Å². The fraction of sp³-hybridized carbons (Fsp3) is 1.00. The Hall–Kier alpha value is -0.160. The van der Waals surface area contributed by atoms with Crippen LogP contribution in [-0.4, -0.2) is 79.1 Å². The van der Waals surface area contributed by atoms with E-state index in [9.17, 15) is 0 Å². The lowest BCUT2D eigenvalue weighted by atomic mass is 9.87. The molecule has 0 aliphatic carbocycles. The first-order valence-corrected chi connectivity index (χ1v) is 7.94. The lowest BCUT2D eigenvalue weighted by Crippen LogP contribution is -2.59. The zero-order valence-electron chi connectivity index (χ0n) is 12.8. The highest BCUT2D eigenvalue weighted by molar-refractivity contribution is 5.12. The third-order valence-corrected chi connectivity index (χ3v) is 6.04. The summed E-state index contributed by atoms with van der Waals surface area (Å²) >= 11 is 0. The average molecular weight is 266 g/mol. The van der Waals surface area contributed by atoms with Gasteiger partial charge >= 0.3 is 0 Å². The molecule has 0 aromatic carbocycles. The number of hydrogen-bond donors (Lipinski definition) is 1. The Morgan fingerprint density at radius 3 is 2.68 bits per heavy atom. The summed E-state index contributed by atoms with van der Waals surface area (Å²) in [5, 5.41) is 0. The molecular formula is C15H30N4. The van der Waals surface area contributed by atoms with Gasteiger partial charge < -0.3 is 10.6 Å². The normalized spacial score (nSPS) is 44.4. The van der Waals surface area contributed by atoms with Crippen LogP contribution in [0.2, 0.25) is 0 Å². The summed E-state index contributed by atoms with van der Waals surface area (Å²) in [6.07, 6.45) is 4.00. The molecule has 3 saturated heterocycles. The average Bonchev–Trinajstić information content (AvgIpc) is 3.02. The van der Waals surface area contributed by atoms with Crippen molar-refractivity contribution < 1.29 is 0 Å². The van der Waals surface area contributed by atoms with E-state index in [1.54, 1.807) is 0 Å². The molecule has 4 nitrogen and oxygen atoms in total. The Morgan fingerprint density at radius 1 is 1.26 bits per heavy atom. The van der Waals surface area contributed by atoms with Gasteiger partial charge in [0.15, 0.2) is 0 Å². The van der Waals surface area contributed by atoms with Crippen LogP contribution in [0.3, 0.4) is 0 Å². The first kappa shape index (κ1) is 13.8. The second-order valence-electron chi connectivity index (χ2n) is 7.16. The van der Waals surface area contributed by atoms with Gasteiger partial charge in [0, 0.05) is 43.8 Å². The highest BCUT2D eigenvalue weighted by Crippen LogP contribution is 2.42. The minimum atomic E-state index is 0.273. The van der Waals surface area contributed by atoms with E-state index < -0.39 is 0 Å². The molecule has 3 fully saturated rings. The molecule has 4 heteroatoms. The minimum Gasteiger partial charge on any atom is -0.329 e. The van der Waals surface area contributed by atoms with Crippen LogP contribution >= 0.6 is 0 Å². The van der Waals surface area contributed by atoms with E-state index in [1.807, 2.05) is 0 Å². The monoisotopic (exact) mass is 266 g/mol. The second-order valence-corrected chi connectivity index (χ2v) is 7.16. The Bertz CT molecular complexity index is 332. The van der Waals surface area contributed by atoms with Gasteiger partial charge in [-0.25, -0.2) is 0 Å². The van der Waals surface area contributed by atoms with Crippen LogP contribution in [0.15, 0.2) is 0 Å². The number of fused-ring (bicyclic) bond motifs is 1. The third kappa shape index (κ3) is 2.04. The van der Waals surface area contributed by atoms with E-state index in [1.165, 1.54) is 45.4 Å². The molecular weight excluding hydrogens is 236 g/mol. The van der Waals surface area contributed by atoms with Gasteiger partial charge in [-0.05, 0) is 45.8 Å². The Kier molecular flexibility index (Phi) is 3.63. The molecule has 19 heavy (non-hydrogen) atoms. The minimum absolute atomic E-state index is 0.273. The Labute approximate surface area is 117 Å². The quantitative estimate of drug-likeness (QED) is 0.804. The van der Waals surface area contributed by atoms with Crippen LogP contribution in [0.5, 0.6) is 0 Å². The van der Waals surface area contributed by atoms with Gasteiger partial charge in [0.1, 0.15) is 0 Å². The number of rotatable bonds is 3. The van der Waals surface area contributed by atoms with Gasteiger partial charge in [0.25, 0.3) is 0 Å². The van der Waals surface area contributed by atoms with Crippen molar-refractivity contribution in [3.63, 3.8) is 0 Å². The van der Waals surface area contributed by atoms with E-state index >= 15 is 0 Å². The molecule has 3 aliphatic heterocycles. The maximum Gasteiger partial charge on any atom is 0.0499 e. The molecule has 0 aromatic rings. The number of hydrogen-bond acceptors (Lipinski definition) is 4. The number of nitrogens with two attached hydrogens (primary N) is 1. The van der Waals surface area contributed by atoms with Gasteiger partial charge in [-0.3, -0.25) is 9.80 Å². The number of likely N-dealkylation sites (N-methyl/N-ethyl adjacent to an activating group) is 1. The fourth-order valence-electron chi connectivity index (χ4n) is 4.93. The number of nitrogens with zero attached hydrogens (tertiary/aromatic N) is 3. The van der Waals surface area contributed by atoms with Crippen LogP contribution < -0.4 is 5.73 Å². The van der Waals surface area contributed by atoms with Crippen molar-refractivity contribution in [1.29, 1.82) is 0 Å². The molecule has 3 aliphatic rings. The Balaban J connectivity index is 1.80. The summed E-state index contributed by atoms with van der Waals surface area (Å²) in [7, 11) is 4.44. The SMILES string of the molecule is CC1CN(C2(CN)CCN3CCCC32)CC1N(C)C. The molecule has 0 spiro atoms. The van der Waals surface area contributed by atoms with Crippen molar-refractivity contribution in [3.05, 3.63) is 0 Å². The summed E-state index contributed by atoms with van der Waals surface area (Å²) in [5.74, 6) is 0.758. The summed E-state index contributed by atoms with van der Waals surface area (Å²) in [5.41, 5.74) is 6.56. The van der Waals surface area contributed by atoms with Crippen LogP contribution in [-0.2, 0) is 0 Å². The lowest BCUT2D eigenvalue weighted by molar-refractivity contribution is 0.0812. The summed E-state index contributed by atoms with van der Waals surface area (Å²) in [6.45, 7) is 8.23. The van der Waals surface area contributed by atoms with Crippen molar-refractivity contribution in [2.45, 2.75) is 43.8 Å². The Morgan fingerprint density at radius 2 is 2.05 bits per heavy atom. The molecule has 4 atom stereocenters. The van der Waals surface area contributed by atoms with Gasteiger partial charge in [-0.15, -0.1) is 0 Å². The van der Waals surface area contributed by atoms with Gasteiger partial charge in [0.05, 0.1) is 0 Å². The lowest BCUT2D eigenvalue weighted by Gasteiger charge is -2.43. The van der Waals surface area contributed by atoms with Crippen LogP contribution in [0.4, 0.5) is 0 Å². The van der Waals surface area contributed by atoms with Crippen LogP contribution in [0, 0.1) is 5.92 Å². The van der Waals surface area contributed by atoms with Crippen LogP contribution in [0.1, 0.15) is 26.2 Å². The van der Waals surface area contributed by atoms with Crippen molar-refractivity contribution in [2.24, 2.45) is 11.7 Å². The summed E-state index contributed by atoms with van der Waals surface area (Å²) < 4.78 is 0. The van der Waals surface area contributed by atoms with Gasteiger partial charge in [-0.1, -0.05) is 6.92 Å². The highest BCUT2D eigenvalue weighted by Gasteiger charge is 2.53. The molecule has 3 heterocycles. The first-order valence-electron chi connectivity index (χ1n) is 7.94. The first-order chi connectivity index (χ1) is 9.08. The zero-order valence-corrected chi connectivity index (χ0v) is 12.8. The summed E-state index contributed by atoms with van der Waals surface area (Å²) in [6, 6.07) is 1.42. The molecule has 3 rings (SSSR count). The van der Waals surface area contributed by atoms with E-state index in [0.29, 0.717) is 6.04 Å². The summed E-state index contributed by atoms with van der Waals surface area (Å²) in [4.78, 5) is 7.84. The van der Waals surface area contributed by atoms with Crippen molar-refractivity contribution >= 4 is 0 Å². The second kappa shape index (κ2) is 4.99. The third-order valence-electron chi connectivity index (χ3n) is 6.04. The fourth-order valence-corrected chi connectivity index (χ4v) is 4.93. The molecule has 0 aromatic heterocycles. The number of likely N-dealkylation sites (tertiary alicyclic amines) is 1. The van der Waals surface area contributed by atoms with Crippen LogP contribution in [0.25, 0.3) is 0 Å². The molecule has 110 valence electrons. The predicted molar refractivity (Wildman–Crippen MR) is 79.2 cm³/mol. The maximum absolute atomic E-state index is 6.29. The zero-order chi connectivity index (χ0) is 13.6. The van der Waals surface area contributed by atoms with E-state index in [4.69, 9.17) is 5.73 Å². The standard InChI is InChI=1S/C15H30N4/c1-12-9-19(10-13(12)17(2)3)15(11-16)6-8-18-7-4-5-14(15)18/h12-14H,4-11,16H2,1-3H3. The molecule has 0 amide bonds. The smallest absolute Gasteiger partial charge is 0.0499 e. The van der Waals surface area contributed by atoms with Gasteiger partial charge in [0.2, 0.25) is 0 Å². The molecule has 0 saturated carbocycles. The van der Waals surface area contributed by atoms with E-state index in [-0.39, 0.29) is 5.54 Å². The van der Waals surface area contributed by atoms with Crippen molar-refractivity contribution in [2.75, 3.05) is 46.8 Å². The van der Waals surface area contributed by atoms with E-state index in [0.717, 1.165) is 18.5 Å². The van der Waals surface area contributed by atoms with Gasteiger partial charge in [-0.2, -0.15) is 0 Å². The molecule has 0 bridgehead atoms. The molecule has 2 N–H and O–H groups in total. The molecule has 0 radical (unpaired) electrons. The highest BCUT2D eigenvalue weighted by atomic mass is 15.4. The van der Waals surface area contributed by atoms with E-state index in [2.05, 4.69) is 35.7 Å². The predicted octanol–water partition coefficient (Wildman–Crippen LogP) is 0.434.